The molecule has 1 aromatic heterocycles. The molecule has 3 rings (SSSR count). The average molecular weight is 361 g/mol. The summed E-state index contributed by atoms with van der Waals surface area (Å²) >= 11 is 0. The van der Waals surface area contributed by atoms with E-state index in [4.69, 9.17) is 10.2 Å². The smallest absolute Gasteiger partial charge is 0.287 e. The van der Waals surface area contributed by atoms with E-state index in [0.29, 0.717) is 13.0 Å². The van der Waals surface area contributed by atoms with Crippen LogP contribution in [-0.2, 0) is 4.79 Å². The lowest BCUT2D eigenvalue weighted by Crippen LogP contribution is -2.56. The van der Waals surface area contributed by atoms with E-state index >= 15 is 0 Å². The van der Waals surface area contributed by atoms with Crippen LogP contribution in [0.25, 0.3) is 0 Å². The first kappa shape index (κ1) is 18.2. The molecule has 1 fully saturated rings. The molecular formula is C18H23N3O5. The summed E-state index contributed by atoms with van der Waals surface area (Å²) in [6, 6.07) is 2.06. The minimum absolute atomic E-state index is 0.0137. The maximum Gasteiger partial charge on any atom is 0.287 e. The fraction of sp³-hybridized carbons (Fsp3) is 0.500. The number of hydrogen-bond donors (Lipinski definition) is 3. The number of nitrogens with two attached hydrogens (primary N) is 1. The Kier molecular flexibility index (Phi) is 5.13. The molecule has 1 aromatic rings. The molecule has 1 saturated heterocycles. The van der Waals surface area contributed by atoms with Crippen LogP contribution in [0, 0.1) is 0 Å². The highest BCUT2D eigenvalue weighted by Gasteiger charge is 2.34. The number of furan rings is 1. The minimum atomic E-state index is -0.765. The van der Waals surface area contributed by atoms with E-state index in [-0.39, 0.29) is 24.0 Å². The molecule has 1 aliphatic heterocycles. The Hall–Kier alpha value is -2.61. The van der Waals surface area contributed by atoms with Gasteiger partial charge in [-0.05, 0) is 44.7 Å². The molecule has 140 valence electrons. The van der Waals surface area contributed by atoms with Gasteiger partial charge in [-0.2, -0.15) is 0 Å². The van der Waals surface area contributed by atoms with Crippen LogP contribution >= 0.6 is 0 Å². The van der Waals surface area contributed by atoms with Gasteiger partial charge in [-0.1, -0.05) is 5.57 Å². The van der Waals surface area contributed by atoms with Crippen molar-refractivity contribution in [1.29, 1.82) is 0 Å². The fourth-order valence-corrected chi connectivity index (χ4v) is 3.47. The molecule has 1 aliphatic carbocycles. The molecule has 0 spiro atoms. The van der Waals surface area contributed by atoms with E-state index in [1.54, 1.807) is 4.90 Å². The number of nitrogens with one attached hydrogen (secondary N) is 1. The van der Waals surface area contributed by atoms with Crippen molar-refractivity contribution in [2.45, 2.75) is 44.8 Å². The number of carbonyl (C=O) groups is 3. The van der Waals surface area contributed by atoms with Crippen LogP contribution in [0.4, 0.5) is 0 Å². The average Bonchev–Trinajstić information content (AvgIpc) is 3.25. The second kappa shape index (κ2) is 7.33. The summed E-state index contributed by atoms with van der Waals surface area (Å²) in [7, 11) is 0. The predicted octanol–water partition coefficient (Wildman–Crippen LogP) is 0.571. The Labute approximate surface area is 151 Å². The van der Waals surface area contributed by atoms with Crippen molar-refractivity contribution in [1.82, 2.24) is 10.2 Å². The standard InChI is InChI=1S/C18H23N3O5/c1-10-3-2-4-11(10)18(25)21-8-7-13(22)12(9-21)20-17(24)15-6-5-14(26-15)16(19)23/h5-6,12-13,22H,2-4,7-9H2,1H3,(H2,19,23)(H,20,24)/t12-,13-/m1/s1. The highest BCUT2D eigenvalue weighted by atomic mass is 16.4. The minimum Gasteiger partial charge on any atom is -0.446 e. The summed E-state index contributed by atoms with van der Waals surface area (Å²) < 4.78 is 5.10. The lowest BCUT2D eigenvalue weighted by atomic mass is 10.0. The van der Waals surface area contributed by atoms with Gasteiger partial charge < -0.3 is 25.5 Å². The monoisotopic (exact) mass is 361 g/mol. The summed E-state index contributed by atoms with van der Waals surface area (Å²) in [5, 5.41) is 12.9. The summed E-state index contributed by atoms with van der Waals surface area (Å²) in [6.45, 7) is 2.66. The van der Waals surface area contributed by atoms with E-state index in [1.165, 1.54) is 12.1 Å². The number of amides is 3. The van der Waals surface area contributed by atoms with Crippen LogP contribution < -0.4 is 11.1 Å². The van der Waals surface area contributed by atoms with Gasteiger partial charge in [-0.15, -0.1) is 0 Å². The van der Waals surface area contributed by atoms with Gasteiger partial charge in [0.2, 0.25) is 5.91 Å². The Bertz CT molecular complexity index is 767. The van der Waals surface area contributed by atoms with Crippen LogP contribution in [0.2, 0.25) is 0 Å². The first-order chi connectivity index (χ1) is 12.4. The van der Waals surface area contributed by atoms with Gasteiger partial charge in [0.05, 0.1) is 12.1 Å². The van der Waals surface area contributed by atoms with Crippen molar-refractivity contribution in [3.8, 4) is 0 Å². The lowest BCUT2D eigenvalue weighted by Gasteiger charge is -2.36. The summed E-state index contributed by atoms with van der Waals surface area (Å²) in [5.41, 5.74) is 7.08. The molecule has 2 heterocycles. The summed E-state index contributed by atoms with van der Waals surface area (Å²) in [6.07, 6.45) is 2.34. The van der Waals surface area contributed by atoms with Crippen LogP contribution in [0.1, 0.15) is 53.7 Å². The van der Waals surface area contributed by atoms with Crippen molar-refractivity contribution in [3.63, 3.8) is 0 Å². The molecule has 8 heteroatoms. The molecule has 0 bridgehead atoms. The molecule has 3 amide bonds. The van der Waals surface area contributed by atoms with Gasteiger partial charge in [0.15, 0.2) is 11.5 Å². The van der Waals surface area contributed by atoms with Gasteiger partial charge in [-0.3, -0.25) is 14.4 Å². The molecule has 0 aromatic carbocycles. The number of piperidine rings is 1. The predicted molar refractivity (Wildman–Crippen MR) is 92.2 cm³/mol. The normalized spacial score (nSPS) is 23.2. The Morgan fingerprint density at radius 3 is 2.62 bits per heavy atom. The lowest BCUT2D eigenvalue weighted by molar-refractivity contribution is -0.130. The second-order valence-corrected chi connectivity index (χ2v) is 6.83. The maximum absolute atomic E-state index is 12.7. The molecule has 0 unspecified atom stereocenters. The number of hydrogen-bond acceptors (Lipinski definition) is 5. The first-order valence-electron chi connectivity index (χ1n) is 8.73. The number of nitrogens with zero attached hydrogens (tertiary/aromatic N) is 1. The van der Waals surface area contributed by atoms with Gasteiger partial charge in [0, 0.05) is 18.7 Å². The van der Waals surface area contributed by atoms with Gasteiger partial charge in [0.1, 0.15) is 0 Å². The van der Waals surface area contributed by atoms with Crippen LogP contribution in [0.5, 0.6) is 0 Å². The molecule has 26 heavy (non-hydrogen) atoms. The van der Waals surface area contributed by atoms with E-state index < -0.39 is 24.0 Å². The molecular weight excluding hydrogens is 338 g/mol. The van der Waals surface area contributed by atoms with Crippen LogP contribution in [0.3, 0.4) is 0 Å². The molecule has 4 N–H and O–H groups in total. The number of allylic oxidation sites excluding steroid dienone is 1. The zero-order valence-electron chi connectivity index (χ0n) is 14.7. The van der Waals surface area contributed by atoms with Crippen molar-refractivity contribution in [3.05, 3.63) is 34.8 Å². The number of primary amides is 1. The SMILES string of the molecule is CC1=C(C(=O)N2CC[C@@H](O)[C@H](NC(=O)c3ccc(C(N)=O)o3)C2)CCC1. The van der Waals surface area contributed by atoms with Crippen LogP contribution in [-0.4, -0.2) is 53.0 Å². The van der Waals surface area contributed by atoms with Gasteiger partial charge in [-0.25, -0.2) is 0 Å². The summed E-state index contributed by atoms with van der Waals surface area (Å²) in [4.78, 5) is 37.7. The zero-order chi connectivity index (χ0) is 18.8. The van der Waals surface area contributed by atoms with Gasteiger partial charge >= 0.3 is 0 Å². The Morgan fingerprint density at radius 1 is 1.27 bits per heavy atom. The van der Waals surface area contributed by atoms with E-state index in [2.05, 4.69) is 5.32 Å². The van der Waals surface area contributed by atoms with E-state index in [9.17, 15) is 19.5 Å². The number of carbonyl (C=O) groups excluding carboxylic acids is 3. The fourth-order valence-electron chi connectivity index (χ4n) is 3.47. The maximum atomic E-state index is 12.7. The second-order valence-electron chi connectivity index (χ2n) is 6.83. The van der Waals surface area contributed by atoms with Crippen molar-refractivity contribution in [2.24, 2.45) is 5.73 Å². The molecule has 2 atom stereocenters. The largest absolute Gasteiger partial charge is 0.446 e. The third kappa shape index (κ3) is 3.65. The number of aliphatic hydroxyl groups is 1. The molecule has 8 nitrogen and oxygen atoms in total. The Morgan fingerprint density at radius 2 is 2.00 bits per heavy atom. The highest BCUT2D eigenvalue weighted by Crippen LogP contribution is 2.28. The van der Waals surface area contributed by atoms with E-state index in [0.717, 1.165) is 30.4 Å². The Balaban J connectivity index is 1.66. The highest BCUT2D eigenvalue weighted by molar-refractivity contribution is 5.96. The molecule has 0 saturated carbocycles. The summed E-state index contributed by atoms with van der Waals surface area (Å²) in [5.74, 6) is -1.52. The quantitative estimate of drug-likeness (QED) is 0.723. The van der Waals surface area contributed by atoms with Crippen molar-refractivity contribution in [2.75, 3.05) is 13.1 Å². The van der Waals surface area contributed by atoms with Gasteiger partial charge in [0.25, 0.3) is 11.8 Å². The zero-order valence-corrected chi connectivity index (χ0v) is 14.7. The number of rotatable bonds is 4. The van der Waals surface area contributed by atoms with Crippen LogP contribution in [0.15, 0.2) is 27.7 Å². The topological polar surface area (TPSA) is 126 Å². The molecule has 2 aliphatic rings. The molecule has 0 radical (unpaired) electrons. The first-order valence-corrected chi connectivity index (χ1v) is 8.73. The van der Waals surface area contributed by atoms with Crippen molar-refractivity contribution < 1.29 is 23.9 Å². The number of aliphatic hydroxyl groups excluding tert-OH is 1. The van der Waals surface area contributed by atoms with E-state index in [1.807, 2.05) is 6.92 Å². The number of likely N-dealkylation sites (tertiary alicyclic amines) is 1. The van der Waals surface area contributed by atoms with Crippen molar-refractivity contribution >= 4 is 17.7 Å². The third-order valence-electron chi connectivity index (χ3n) is 5.00. The third-order valence-corrected chi connectivity index (χ3v) is 5.00.